The Kier molecular flexibility index (Phi) is 5.66. The molecule has 15 heavy (non-hydrogen) atoms. The molecule has 0 aromatic carbocycles. The molecular formula is C14H28O. The van der Waals surface area contributed by atoms with Gasteiger partial charge in [-0.3, -0.25) is 0 Å². The summed E-state index contributed by atoms with van der Waals surface area (Å²) in [6.07, 6.45) is 8.69. The highest BCUT2D eigenvalue weighted by Gasteiger charge is 2.29. The molecule has 0 aliphatic heterocycles. The second-order valence-electron chi connectivity index (χ2n) is 5.54. The van der Waals surface area contributed by atoms with Gasteiger partial charge in [0.1, 0.15) is 0 Å². The summed E-state index contributed by atoms with van der Waals surface area (Å²) >= 11 is 0. The monoisotopic (exact) mass is 212 g/mol. The number of rotatable bonds is 6. The van der Waals surface area contributed by atoms with Gasteiger partial charge in [-0.15, -0.1) is 0 Å². The Morgan fingerprint density at radius 2 is 2.00 bits per heavy atom. The molecule has 0 spiro atoms. The first-order chi connectivity index (χ1) is 7.17. The molecule has 0 bridgehead atoms. The van der Waals surface area contributed by atoms with Gasteiger partial charge in [0.15, 0.2) is 0 Å². The third kappa shape index (κ3) is 4.14. The summed E-state index contributed by atoms with van der Waals surface area (Å²) < 4.78 is 0. The summed E-state index contributed by atoms with van der Waals surface area (Å²) in [6, 6.07) is 0. The van der Waals surface area contributed by atoms with Crippen LogP contribution >= 0.6 is 0 Å². The van der Waals surface area contributed by atoms with Gasteiger partial charge in [-0.2, -0.15) is 0 Å². The first-order valence-electron chi connectivity index (χ1n) is 6.85. The number of hydrogen-bond acceptors (Lipinski definition) is 1. The lowest BCUT2D eigenvalue weighted by atomic mass is 9.89. The van der Waals surface area contributed by atoms with Crippen molar-refractivity contribution in [3.8, 4) is 0 Å². The molecular weight excluding hydrogens is 184 g/mol. The quantitative estimate of drug-likeness (QED) is 0.705. The molecule has 4 atom stereocenters. The average molecular weight is 212 g/mol. The summed E-state index contributed by atoms with van der Waals surface area (Å²) in [7, 11) is 0. The van der Waals surface area contributed by atoms with Crippen LogP contribution < -0.4 is 0 Å². The molecule has 0 amide bonds. The predicted molar refractivity (Wildman–Crippen MR) is 65.8 cm³/mol. The van der Waals surface area contributed by atoms with Gasteiger partial charge >= 0.3 is 0 Å². The van der Waals surface area contributed by atoms with Crippen molar-refractivity contribution >= 4 is 0 Å². The molecule has 0 heterocycles. The van der Waals surface area contributed by atoms with Crippen molar-refractivity contribution < 1.29 is 5.11 Å². The molecule has 1 nitrogen and oxygen atoms in total. The second-order valence-corrected chi connectivity index (χ2v) is 5.54. The highest BCUT2D eigenvalue weighted by atomic mass is 16.3. The molecule has 1 N–H and O–H groups in total. The summed E-state index contributed by atoms with van der Waals surface area (Å²) in [5.74, 6) is 2.20. The summed E-state index contributed by atoms with van der Waals surface area (Å²) in [4.78, 5) is 0. The Hall–Kier alpha value is -0.0400. The minimum absolute atomic E-state index is 0.0249. The smallest absolute Gasteiger partial charge is 0.0571 e. The van der Waals surface area contributed by atoms with E-state index in [2.05, 4.69) is 20.8 Å². The fourth-order valence-electron chi connectivity index (χ4n) is 3.05. The summed E-state index contributed by atoms with van der Waals surface area (Å²) in [5, 5.41) is 10.2. The Labute approximate surface area is 95.3 Å². The molecule has 1 rings (SSSR count). The van der Waals surface area contributed by atoms with E-state index < -0.39 is 0 Å². The molecule has 0 saturated heterocycles. The van der Waals surface area contributed by atoms with Crippen LogP contribution in [0.5, 0.6) is 0 Å². The first kappa shape index (κ1) is 13.0. The van der Waals surface area contributed by atoms with Crippen molar-refractivity contribution in [1.29, 1.82) is 0 Å². The molecule has 4 unspecified atom stereocenters. The second kappa shape index (κ2) is 6.52. The van der Waals surface area contributed by atoms with E-state index in [0.29, 0.717) is 11.8 Å². The number of hydrogen-bond donors (Lipinski definition) is 1. The molecule has 1 saturated carbocycles. The van der Waals surface area contributed by atoms with Crippen LogP contribution in [0.15, 0.2) is 0 Å². The van der Waals surface area contributed by atoms with E-state index >= 15 is 0 Å². The summed E-state index contributed by atoms with van der Waals surface area (Å²) in [5.41, 5.74) is 0. The first-order valence-corrected chi connectivity index (χ1v) is 6.85. The third-order valence-electron chi connectivity index (χ3n) is 4.13. The van der Waals surface area contributed by atoms with Crippen molar-refractivity contribution in [1.82, 2.24) is 0 Å². The Morgan fingerprint density at radius 3 is 2.53 bits per heavy atom. The van der Waals surface area contributed by atoms with Crippen LogP contribution in [-0.4, -0.2) is 11.2 Å². The molecule has 1 aliphatic carbocycles. The number of aliphatic hydroxyl groups is 1. The minimum atomic E-state index is -0.0249. The van der Waals surface area contributed by atoms with Crippen LogP contribution in [-0.2, 0) is 0 Å². The van der Waals surface area contributed by atoms with E-state index in [4.69, 9.17) is 0 Å². The highest BCUT2D eigenvalue weighted by Crippen LogP contribution is 2.36. The van der Waals surface area contributed by atoms with Crippen LogP contribution in [0.25, 0.3) is 0 Å². The minimum Gasteiger partial charge on any atom is -0.393 e. The highest BCUT2D eigenvalue weighted by molar-refractivity contribution is 4.80. The predicted octanol–water partition coefficient (Wildman–Crippen LogP) is 4.00. The fraction of sp³-hybridized carbons (Fsp3) is 1.00. The van der Waals surface area contributed by atoms with Crippen LogP contribution in [0.2, 0.25) is 0 Å². The van der Waals surface area contributed by atoms with Crippen molar-refractivity contribution in [2.75, 3.05) is 0 Å². The fourth-order valence-corrected chi connectivity index (χ4v) is 3.05. The molecule has 0 aromatic rings. The van der Waals surface area contributed by atoms with Gasteiger partial charge < -0.3 is 5.11 Å². The maximum Gasteiger partial charge on any atom is 0.0571 e. The lowest BCUT2D eigenvalue weighted by molar-refractivity contribution is 0.0832. The normalized spacial score (nSPS) is 30.4. The van der Waals surface area contributed by atoms with Crippen molar-refractivity contribution in [2.45, 2.75) is 71.8 Å². The Morgan fingerprint density at radius 1 is 1.27 bits per heavy atom. The van der Waals surface area contributed by atoms with Crippen molar-refractivity contribution in [3.05, 3.63) is 0 Å². The van der Waals surface area contributed by atoms with Crippen LogP contribution in [0, 0.1) is 17.8 Å². The van der Waals surface area contributed by atoms with Crippen LogP contribution in [0.1, 0.15) is 65.7 Å². The molecule has 90 valence electrons. The van der Waals surface area contributed by atoms with E-state index in [1.807, 2.05) is 0 Å². The zero-order chi connectivity index (χ0) is 11.3. The van der Waals surface area contributed by atoms with Crippen LogP contribution in [0.4, 0.5) is 0 Å². The van der Waals surface area contributed by atoms with Crippen molar-refractivity contribution in [3.63, 3.8) is 0 Å². The van der Waals surface area contributed by atoms with E-state index in [1.165, 1.54) is 38.5 Å². The molecule has 0 radical (unpaired) electrons. The summed E-state index contributed by atoms with van der Waals surface area (Å²) in [6.45, 7) is 6.78. The van der Waals surface area contributed by atoms with Gasteiger partial charge in [0.25, 0.3) is 0 Å². The molecule has 1 heteroatoms. The standard InChI is InChI=1S/C14H28O/c1-4-6-11(3)9-14(15)13-8-7-12(5-2)10-13/h11-15H,4-10H2,1-3H3. The Bertz CT molecular complexity index is 167. The lowest BCUT2D eigenvalue weighted by Gasteiger charge is -2.21. The lowest BCUT2D eigenvalue weighted by Crippen LogP contribution is -2.20. The van der Waals surface area contributed by atoms with Gasteiger partial charge in [0.05, 0.1) is 6.10 Å². The SMILES string of the molecule is CCCC(C)CC(O)C1CCC(CC)C1. The van der Waals surface area contributed by atoms with Gasteiger partial charge in [-0.25, -0.2) is 0 Å². The zero-order valence-electron chi connectivity index (χ0n) is 10.7. The van der Waals surface area contributed by atoms with Crippen LogP contribution in [0.3, 0.4) is 0 Å². The van der Waals surface area contributed by atoms with E-state index in [9.17, 15) is 5.11 Å². The average Bonchev–Trinajstić information content (AvgIpc) is 2.66. The van der Waals surface area contributed by atoms with Gasteiger partial charge in [0.2, 0.25) is 0 Å². The topological polar surface area (TPSA) is 20.2 Å². The Balaban J connectivity index is 2.25. The maximum atomic E-state index is 10.2. The molecule has 0 aromatic heterocycles. The number of aliphatic hydroxyl groups excluding tert-OH is 1. The van der Waals surface area contributed by atoms with E-state index in [-0.39, 0.29) is 6.10 Å². The van der Waals surface area contributed by atoms with Gasteiger partial charge in [-0.1, -0.05) is 46.5 Å². The van der Waals surface area contributed by atoms with Gasteiger partial charge in [-0.05, 0) is 37.0 Å². The van der Waals surface area contributed by atoms with E-state index in [0.717, 1.165) is 12.3 Å². The molecule has 1 fully saturated rings. The van der Waals surface area contributed by atoms with E-state index in [1.54, 1.807) is 0 Å². The third-order valence-corrected chi connectivity index (χ3v) is 4.13. The maximum absolute atomic E-state index is 10.2. The van der Waals surface area contributed by atoms with Crippen molar-refractivity contribution in [2.24, 2.45) is 17.8 Å². The van der Waals surface area contributed by atoms with Gasteiger partial charge in [0, 0.05) is 0 Å². The zero-order valence-corrected chi connectivity index (χ0v) is 10.7. The largest absolute Gasteiger partial charge is 0.393 e. The molecule has 1 aliphatic rings.